The number of carboxylic acid groups (broad SMARTS) is 1. The highest BCUT2D eigenvalue weighted by molar-refractivity contribution is 5.96. The van der Waals surface area contributed by atoms with E-state index in [9.17, 15) is 14.7 Å². The largest absolute Gasteiger partial charge is 0.485 e. The highest BCUT2D eigenvalue weighted by atomic mass is 16.5. The number of aliphatic hydroxyl groups is 1. The molecule has 196 valence electrons. The number of hydrogen-bond donors (Lipinski definition) is 2. The lowest BCUT2D eigenvalue weighted by Gasteiger charge is -2.24. The van der Waals surface area contributed by atoms with Crippen molar-refractivity contribution in [3.8, 4) is 16.9 Å². The Hall–Kier alpha value is -3.44. The van der Waals surface area contributed by atoms with E-state index in [4.69, 9.17) is 9.84 Å². The second kappa shape index (κ2) is 12.2. The molecule has 2 atom stereocenters. The maximum absolute atomic E-state index is 12.4. The van der Waals surface area contributed by atoms with Gasteiger partial charge in [0.15, 0.2) is 11.9 Å². The summed E-state index contributed by atoms with van der Waals surface area (Å²) in [5.41, 5.74) is 7.49. The molecule has 0 saturated heterocycles. The predicted molar refractivity (Wildman–Crippen MR) is 147 cm³/mol. The number of benzene rings is 3. The van der Waals surface area contributed by atoms with E-state index >= 15 is 0 Å². The number of aliphatic hydroxyl groups excluding tert-OH is 1. The van der Waals surface area contributed by atoms with Crippen LogP contribution < -0.4 is 4.74 Å². The van der Waals surface area contributed by atoms with Gasteiger partial charge in [-0.1, -0.05) is 76.2 Å². The van der Waals surface area contributed by atoms with Crippen molar-refractivity contribution in [1.82, 2.24) is 0 Å². The molecule has 3 rings (SSSR count). The Balaban J connectivity index is 1.78. The molecule has 0 aliphatic rings. The fraction of sp³-hybridized carbons (Fsp3) is 0.375. The highest BCUT2D eigenvalue weighted by Crippen LogP contribution is 2.35. The van der Waals surface area contributed by atoms with Crippen LogP contribution in [0.1, 0.15) is 85.2 Å². The summed E-state index contributed by atoms with van der Waals surface area (Å²) in [6, 6.07) is 20.2. The van der Waals surface area contributed by atoms with Gasteiger partial charge in [0.25, 0.3) is 0 Å². The molecule has 37 heavy (non-hydrogen) atoms. The van der Waals surface area contributed by atoms with Gasteiger partial charge in [-0.15, -0.1) is 0 Å². The van der Waals surface area contributed by atoms with Crippen molar-refractivity contribution in [2.45, 2.75) is 72.5 Å². The molecular weight excluding hydrogens is 464 g/mol. The van der Waals surface area contributed by atoms with E-state index in [-0.39, 0.29) is 30.6 Å². The summed E-state index contributed by atoms with van der Waals surface area (Å²) in [7, 11) is 0. The van der Waals surface area contributed by atoms with Crippen molar-refractivity contribution < 1.29 is 24.5 Å². The van der Waals surface area contributed by atoms with Gasteiger partial charge in [-0.3, -0.25) is 4.79 Å². The Morgan fingerprint density at radius 2 is 1.38 bits per heavy atom. The van der Waals surface area contributed by atoms with Crippen molar-refractivity contribution >= 4 is 11.8 Å². The number of Topliss-reactive ketones (excluding diaryl/α,β-unsaturated/α-hetero) is 1. The first-order valence-corrected chi connectivity index (χ1v) is 12.9. The molecule has 0 aliphatic carbocycles. The minimum Gasteiger partial charge on any atom is -0.485 e. The second-order valence-electron chi connectivity index (χ2n) is 10.4. The number of aliphatic carboxylic acids is 1. The van der Waals surface area contributed by atoms with Crippen LogP contribution in [-0.2, 0) is 4.79 Å². The van der Waals surface area contributed by atoms with E-state index < -0.39 is 12.1 Å². The predicted octanol–water partition coefficient (Wildman–Crippen LogP) is 7.28. The topological polar surface area (TPSA) is 83.8 Å². The quantitative estimate of drug-likeness (QED) is 0.269. The molecule has 0 heterocycles. The number of carbonyl (C=O) groups is 2. The van der Waals surface area contributed by atoms with Crippen LogP contribution in [0.5, 0.6) is 5.75 Å². The normalized spacial score (nSPS) is 13.0. The number of hydrogen-bond acceptors (Lipinski definition) is 4. The molecule has 3 aromatic carbocycles. The van der Waals surface area contributed by atoms with Gasteiger partial charge in [0.05, 0.1) is 0 Å². The van der Waals surface area contributed by atoms with E-state index in [2.05, 4.69) is 77.9 Å². The fourth-order valence-corrected chi connectivity index (χ4v) is 4.61. The zero-order valence-electron chi connectivity index (χ0n) is 22.6. The molecule has 5 nitrogen and oxygen atoms in total. The molecule has 0 spiro atoms. The average Bonchev–Trinajstić information content (AvgIpc) is 2.85. The molecule has 3 aromatic rings. The van der Waals surface area contributed by atoms with Gasteiger partial charge in [-0.05, 0) is 77.6 Å². The summed E-state index contributed by atoms with van der Waals surface area (Å²) >= 11 is 0. The summed E-state index contributed by atoms with van der Waals surface area (Å²) in [4.78, 5) is 23.2. The zero-order chi connectivity index (χ0) is 27.3. The van der Waals surface area contributed by atoms with Crippen molar-refractivity contribution in [3.63, 3.8) is 0 Å². The van der Waals surface area contributed by atoms with Crippen LogP contribution in [0.25, 0.3) is 11.1 Å². The molecule has 0 fully saturated rings. The maximum Gasteiger partial charge on any atom is 0.332 e. The van der Waals surface area contributed by atoms with E-state index in [0.717, 1.165) is 22.4 Å². The van der Waals surface area contributed by atoms with Crippen LogP contribution >= 0.6 is 0 Å². The van der Waals surface area contributed by atoms with Crippen LogP contribution in [0.3, 0.4) is 0 Å². The van der Waals surface area contributed by atoms with Crippen molar-refractivity contribution in [1.29, 1.82) is 0 Å². The highest BCUT2D eigenvalue weighted by Gasteiger charge is 2.21. The van der Waals surface area contributed by atoms with E-state index in [1.165, 1.54) is 16.7 Å². The molecule has 0 bridgehead atoms. The van der Waals surface area contributed by atoms with E-state index in [1.54, 1.807) is 12.1 Å². The number of rotatable bonds is 11. The smallest absolute Gasteiger partial charge is 0.332 e. The van der Waals surface area contributed by atoms with Gasteiger partial charge in [0, 0.05) is 12.0 Å². The van der Waals surface area contributed by atoms with Gasteiger partial charge in [0.1, 0.15) is 11.9 Å². The van der Waals surface area contributed by atoms with Crippen LogP contribution in [0, 0.1) is 19.8 Å². The summed E-state index contributed by atoms with van der Waals surface area (Å²) < 4.78 is 6.49. The first kappa shape index (κ1) is 28.1. The summed E-state index contributed by atoms with van der Waals surface area (Å²) in [6.07, 6.45) is -1.86. The lowest BCUT2D eigenvalue weighted by atomic mass is 9.93. The molecule has 1 unspecified atom stereocenters. The van der Waals surface area contributed by atoms with Gasteiger partial charge >= 0.3 is 5.97 Å². The Bertz CT molecular complexity index is 1200. The van der Waals surface area contributed by atoms with Crippen LogP contribution in [0.15, 0.2) is 60.7 Å². The van der Waals surface area contributed by atoms with Crippen LogP contribution in [0.4, 0.5) is 0 Å². The third-order valence-corrected chi connectivity index (χ3v) is 6.73. The Morgan fingerprint density at radius 1 is 0.838 bits per heavy atom. The molecule has 5 heteroatoms. The first-order valence-electron chi connectivity index (χ1n) is 12.9. The van der Waals surface area contributed by atoms with Gasteiger partial charge < -0.3 is 14.9 Å². The molecule has 0 aliphatic heterocycles. The monoisotopic (exact) mass is 502 g/mol. The second-order valence-corrected chi connectivity index (χ2v) is 10.4. The SMILES string of the molecule is Cc1cc(OC(c2ccc(C(=O)CC[C@H](O)C(=O)O)cc2)C(C)C)cc(C)c1-c1ccc(C(C)C)cc1. The van der Waals surface area contributed by atoms with Crippen LogP contribution in [-0.4, -0.2) is 28.1 Å². The lowest BCUT2D eigenvalue weighted by Crippen LogP contribution is -2.20. The average molecular weight is 503 g/mol. The number of ether oxygens (including phenoxy) is 1. The van der Waals surface area contributed by atoms with E-state index in [0.29, 0.717) is 11.5 Å². The third kappa shape index (κ3) is 7.07. The van der Waals surface area contributed by atoms with Crippen molar-refractivity contribution in [2.75, 3.05) is 0 Å². The number of carboxylic acids is 1. The minimum absolute atomic E-state index is 0.0258. The molecular formula is C32H38O5. The third-order valence-electron chi connectivity index (χ3n) is 6.73. The molecule has 0 amide bonds. The van der Waals surface area contributed by atoms with Gasteiger partial charge in [0.2, 0.25) is 0 Å². The van der Waals surface area contributed by atoms with Crippen LogP contribution in [0.2, 0.25) is 0 Å². The maximum atomic E-state index is 12.4. The molecule has 0 radical (unpaired) electrons. The van der Waals surface area contributed by atoms with Gasteiger partial charge in [-0.25, -0.2) is 4.79 Å². The first-order chi connectivity index (χ1) is 17.5. The number of aryl methyl sites for hydroxylation is 2. The molecule has 0 saturated carbocycles. The minimum atomic E-state index is -1.53. The lowest BCUT2D eigenvalue weighted by molar-refractivity contribution is -0.146. The standard InChI is InChI=1S/C32H38O5/c1-19(2)23-7-11-25(12-8-23)30-21(5)17-27(18-22(30)6)37-31(20(3)4)26-13-9-24(10-14-26)28(33)15-16-29(34)32(35)36/h7-14,17-20,29,31,34H,15-16H2,1-6H3,(H,35,36)/t29-,31?/m0/s1. The fourth-order valence-electron chi connectivity index (χ4n) is 4.61. The molecule has 0 aromatic heterocycles. The Kier molecular flexibility index (Phi) is 9.28. The summed E-state index contributed by atoms with van der Waals surface area (Å²) in [5.74, 6) is -0.0214. The summed E-state index contributed by atoms with van der Waals surface area (Å²) in [6.45, 7) is 12.8. The Morgan fingerprint density at radius 3 is 1.86 bits per heavy atom. The van der Waals surface area contributed by atoms with Gasteiger partial charge in [-0.2, -0.15) is 0 Å². The number of ketones is 1. The Labute approximate surface area is 220 Å². The van der Waals surface area contributed by atoms with E-state index in [1.807, 2.05) is 12.1 Å². The number of carbonyl (C=O) groups excluding carboxylic acids is 1. The zero-order valence-corrected chi connectivity index (χ0v) is 22.6. The summed E-state index contributed by atoms with van der Waals surface area (Å²) in [5, 5.41) is 18.2. The van der Waals surface area contributed by atoms with Crippen molar-refractivity contribution in [2.24, 2.45) is 5.92 Å². The van der Waals surface area contributed by atoms with Crippen molar-refractivity contribution in [3.05, 3.63) is 88.5 Å². The molecule has 2 N–H and O–H groups in total.